The highest BCUT2D eigenvalue weighted by molar-refractivity contribution is 5.81. The lowest BCUT2D eigenvalue weighted by atomic mass is 9.95. The Labute approximate surface area is 111 Å². The van der Waals surface area contributed by atoms with Crippen molar-refractivity contribution in [3.8, 4) is 0 Å². The van der Waals surface area contributed by atoms with E-state index in [4.69, 9.17) is 5.73 Å². The molecule has 3 unspecified atom stereocenters. The first-order valence-electron chi connectivity index (χ1n) is 7.17. The van der Waals surface area contributed by atoms with E-state index in [-0.39, 0.29) is 18.0 Å². The molecule has 0 saturated carbocycles. The molecular formula is C14H29N3O. The summed E-state index contributed by atoms with van der Waals surface area (Å²) in [5.74, 6) is 1.35. The molecule has 3 atom stereocenters. The lowest BCUT2D eigenvalue weighted by molar-refractivity contribution is -0.126. The van der Waals surface area contributed by atoms with Gasteiger partial charge in [0, 0.05) is 25.7 Å². The maximum atomic E-state index is 12.0. The third kappa shape index (κ3) is 4.94. The number of hydrogen-bond donors (Lipinski definition) is 2. The highest BCUT2D eigenvalue weighted by Crippen LogP contribution is 2.17. The molecule has 4 heteroatoms. The first-order chi connectivity index (χ1) is 8.40. The Morgan fingerprint density at radius 2 is 2.06 bits per heavy atom. The molecular weight excluding hydrogens is 226 g/mol. The topological polar surface area (TPSA) is 58.4 Å². The predicted molar refractivity (Wildman–Crippen MR) is 75.3 cm³/mol. The van der Waals surface area contributed by atoms with Crippen LogP contribution in [-0.2, 0) is 4.79 Å². The minimum absolute atomic E-state index is 0.0639. The number of carbonyl (C=O) groups is 1. The van der Waals surface area contributed by atoms with Crippen molar-refractivity contribution in [2.75, 3.05) is 19.6 Å². The molecule has 4 nitrogen and oxygen atoms in total. The van der Waals surface area contributed by atoms with Crippen LogP contribution in [0.15, 0.2) is 0 Å². The van der Waals surface area contributed by atoms with Crippen molar-refractivity contribution < 1.29 is 4.79 Å². The van der Waals surface area contributed by atoms with Crippen molar-refractivity contribution in [3.05, 3.63) is 0 Å². The van der Waals surface area contributed by atoms with Crippen molar-refractivity contribution >= 4 is 5.91 Å². The third-order valence-electron chi connectivity index (χ3n) is 3.67. The van der Waals surface area contributed by atoms with Crippen LogP contribution in [0.4, 0.5) is 0 Å². The first kappa shape index (κ1) is 15.4. The Morgan fingerprint density at radius 1 is 1.39 bits per heavy atom. The second kappa shape index (κ2) is 7.10. The monoisotopic (exact) mass is 255 g/mol. The predicted octanol–water partition coefficient (Wildman–Crippen LogP) is 1.21. The minimum atomic E-state index is -0.0639. The third-order valence-corrected chi connectivity index (χ3v) is 3.67. The van der Waals surface area contributed by atoms with E-state index >= 15 is 0 Å². The number of carbonyl (C=O) groups excluding carboxylic acids is 1. The number of nitrogens with one attached hydrogen (secondary N) is 1. The van der Waals surface area contributed by atoms with E-state index < -0.39 is 0 Å². The van der Waals surface area contributed by atoms with Crippen molar-refractivity contribution in [1.29, 1.82) is 0 Å². The summed E-state index contributed by atoms with van der Waals surface area (Å²) in [6.07, 6.45) is 2.10. The van der Waals surface area contributed by atoms with Crippen LogP contribution in [0.3, 0.4) is 0 Å². The quantitative estimate of drug-likeness (QED) is 0.776. The smallest absolute Gasteiger partial charge is 0.237 e. The van der Waals surface area contributed by atoms with Crippen molar-refractivity contribution in [2.24, 2.45) is 17.6 Å². The number of nitrogens with two attached hydrogens (primary N) is 1. The lowest BCUT2D eigenvalue weighted by Gasteiger charge is -2.37. The molecule has 1 heterocycles. The highest BCUT2D eigenvalue weighted by Gasteiger charge is 2.28. The van der Waals surface area contributed by atoms with Gasteiger partial charge < -0.3 is 11.1 Å². The summed E-state index contributed by atoms with van der Waals surface area (Å²) in [4.78, 5) is 14.3. The normalized spacial score (nSPS) is 27.2. The van der Waals surface area contributed by atoms with Crippen LogP contribution in [0.1, 0.15) is 40.5 Å². The average molecular weight is 255 g/mol. The second-order valence-electron chi connectivity index (χ2n) is 6.20. The van der Waals surface area contributed by atoms with Crippen LogP contribution >= 0.6 is 0 Å². The number of amides is 1. The highest BCUT2D eigenvalue weighted by atomic mass is 16.2. The van der Waals surface area contributed by atoms with Crippen molar-refractivity contribution in [2.45, 2.75) is 52.6 Å². The number of likely N-dealkylation sites (tertiary alicyclic amines) is 1. The zero-order valence-electron chi connectivity index (χ0n) is 12.3. The minimum Gasteiger partial charge on any atom is -0.355 e. The molecule has 0 bridgehead atoms. The maximum absolute atomic E-state index is 12.0. The molecule has 3 N–H and O–H groups in total. The van der Waals surface area contributed by atoms with Crippen LogP contribution in [-0.4, -0.2) is 42.5 Å². The Kier molecular flexibility index (Phi) is 6.09. The van der Waals surface area contributed by atoms with Crippen LogP contribution in [0, 0.1) is 11.8 Å². The maximum Gasteiger partial charge on any atom is 0.237 e. The standard InChI is InChI=1S/C14H29N3O/c1-10(2)5-6-16-14(18)12(4)17-8-11(3)7-13(15)9-17/h10-13H,5-9,15H2,1-4H3,(H,16,18). The van der Waals surface area contributed by atoms with Crippen molar-refractivity contribution in [1.82, 2.24) is 10.2 Å². The Balaban J connectivity index is 2.37. The molecule has 18 heavy (non-hydrogen) atoms. The van der Waals surface area contributed by atoms with Gasteiger partial charge in [0.1, 0.15) is 0 Å². The molecule has 1 aliphatic heterocycles. The van der Waals surface area contributed by atoms with Gasteiger partial charge in [0.25, 0.3) is 0 Å². The van der Waals surface area contributed by atoms with E-state index in [0.717, 1.165) is 32.5 Å². The molecule has 0 aromatic carbocycles. The van der Waals surface area contributed by atoms with Gasteiger partial charge in [-0.25, -0.2) is 0 Å². The zero-order chi connectivity index (χ0) is 13.7. The fourth-order valence-corrected chi connectivity index (χ4v) is 2.56. The first-order valence-corrected chi connectivity index (χ1v) is 7.17. The van der Waals surface area contributed by atoms with Gasteiger partial charge in [0.15, 0.2) is 0 Å². The van der Waals surface area contributed by atoms with Crippen LogP contribution in [0.5, 0.6) is 0 Å². The van der Waals surface area contributed by atoms with E-state index in [1.165, 1.54) is 0 Å². The number of nitrogens with zero attached hydrogens (tertiary/aromatic N) is 1. The molecule has 1 aliphatic rings. The van der Waals surface area contributed by atoms with Gasteiger partial charge in [-0.1, -0.05) is 20.8 Å². The Morgan fingerprint density at radius 3 is 2.61 bits per heavy atom. The van der Waals surface area contributed by atoms with Crippen LogP contribution < -0.4 is 11.1 Å². The van der Waals surface area contributed by atoms with E-state index in [2.05, 4.69) is 31.0 Å². The Bertz CT molecular complexity index is 258. The van der Waals surface area contributed by atoms with E-state index in [9.17, 15) is 4.79 Å². The fourth-order valence-electron chi connectivity index (χ4n) is 2.56. The molecule has 0 aromatic rings. The summed E-state index contributed by atoms with van der Waals surface area (Å²) in [6, 6.07) is 0.144. The molecule has 0 aliphatic carbocycles. The number of piperidine rings is 1. The fraction of sp³-hybridized carbons (Fsp3) is 0.929. The second-order valence-corrected chi connectivity index (χ2v) is 6.20. The van der Waals surface area contributed by atoms with Gasteiger partial charge >= 0.3 is 0 Å². The Hall–Kier alpha value is -0.610. The average Bonchev–Trinajstić information content (AvgIpc) is 2.26. The van der Waals surface area contributed by atoms with Gasteiger partial charge in [-0.15, -0.1) is 0 Å². The summed E-state index contributed by atoms with van der Waals surface area (Å²) >= 11 is 0. The van der Waals surface area contributed by atoms with E-state index in [1.54, 1.807) is 0 Å². The van der Waals surface area contributed by atoms with Crippen molar-refractivity contribution in [3.63, 3.8) is 0 Å². The molecule has 1 amide bonds. The van der Waals surface area contributed by atoms with E-state index in [1.807, 2.05) is 6.92 Å². The van der Waals surface area contributed by atoms with Gasteiger partial charge in [-0.3, -0.25) is 9.69 Å². The zero-order valence-corrected chi connectivity index (χ0v) is 12.3. The largest absolute Gasteiger partial charge is 0.355 e. The molecule has 106 valence electrons. The van der Waals surface area contributed by atoms with Gasteiger partial charge in [0.05, 0.1) is 6.04 Å². The van der Waals surface area contributed by atoms with Crippen LogP contribution in [0.2, 0.25) is 0 Å². The summed E-state index contributed by atoms with van der Waals surface area (Å²) in [5.41, 5.74) is 6.02. The molecule has 0 radical (unpaired) electrons. The number of rotatable bonds is 5. The summed E-state index contributed by atoms with van der Waals surface area (Å²) in [5, 5.41) is 3.02. The number of hydrogen-bond acceptors (Lipinski definition) is 3. The SMILES string of the molecule is CC(C)CCNC(=O)C(C)N1CC(C)CC(N)C1. The molecule has 0 spiro atoms. The van der Waals surface area contributed by atoms with E-state index in [0.29, 0.717) is 11.8 Å². The summed E-state index contributed by atoms with van der Waals surface area (Å²) < 4.78 is 0. The van der Waals surface area contributed by atoms with Gasteiger partial charge in [-0.2, -0.15) is 0 Å². The molecule has 1 saturated heterocycles. The van der Waals surface area contributed by atoms with Crippen LogP contribution in [0.25, 0.3) is 0 Å². The molecule has 1 rings (SSSR count). The molecule has 0 aromatic heterocycles. The lowest BCUT2D eigenvalue weighted by Crippen LogP contribution is -2.54. The molecule has 1 fully saturated rings. The summed E-state index contributed by atoms with van der Waals surface area (Å²) in [6.45, 7) is 11.1. The summed E-state index contributed by atoms with van der Waals surface area (Å²) in [7, 11) is 0. The van der Waals surface area contributed by atoms with Gasteiger partial charge in [0.2, 0.25) is 5.91 Å². The van der Waals surface area contributed by atoms with Gasteiger partial charge in [-0.05, 0) is 31.6 Å².